The molecule has 0 spiro atoms. The van der Waals surface area contributed by atoms with Crippen LogP contribution in [0, 0.1) is 13.8 Å². The van der Waals surface area contributed by atoms with Gasteiger partial charge in [-0.05, 0) is 59.1 Å². The van der Waals surface area contributed by atoms with E-state index in [9.17, 15) is 4.79 Å². The summed E-state index contributed by atoms with van der Waals surface area (Å²) in [4.78, 5) is 12.6. The highest BCUT2D eigenvalue weighted by molar-refractivity contribution is 9.10. The number of aryl methyl sites for hydroxylation is 2. The molecule has 0 bridgehead atoms. The number of benzene rings is 2. The Morgan fingerprint density at radius 2 is 1.96 bits per heavy atom. The molecule has 0 aliphatic carbocycles. The first-order valence-corrected chi connectivity index (χ1v) is 9.44. The van der Waals surface area contributed by atoms with Gasteiger partial charge in [-0.2, -0.15) is 5.10 Å². The van der Waals surface area contributed by atoms with Crippen molar-refractivity contribution in [3.8, 4) is 0 Å². The topological polar surface area (TPSA) is 46.9 Å². The summed E-state index contributed by atoms with van der Waals surface area (Å²) < 4.78 is 2.40. The molecule has 0 radical (unpaired) electrons. The van der Waals surface area contributed by atoms with Crippen LogP contribution in [0.4, 0.5) is 5.82 Å². The highest BCUT2D eigenvalue weighted by Crippen LogP contribution is 2.25. The lowest BCUT2D eigenvalue weighted by molar-refractivity contribution is 0.102. The molecule has 3 rings (SSSR count). The van der Waals surface area contributed by atoms with Crippen molar-refractivity contribution < 1.29 is 4.79 Å². The van der Waals surface area contributed by atoms with E-state index in [1.165, 1.54) is 0 Å². The molecule has 3 aromatic rings. The number of aromatic nitrogens is 2. The monoisotopic (exact) mass is 451 g/mol. The first-order valence-electron chi connectivity index (χ1n) is 7.89. The van der Waals surface area contributed by atoms with E-state index in [2.05, 4.69) is 26.3 Å². The summed E-state index contributed by atoms with van der Waals surface area (Å²) >= 11 is 15.6. The normalized spacial score (nSPS) is 10.8. The average molecular weight is 453 g/mol. The standard InChI is InChI=1S/C19H16BrCl2N3O/c1-11-3-4-12(2)15(7-11)19(26)23-18-16(20)10-25(24-18)9-13-5-6-14(21)8-17(13)22/h3-8,10H,9H2,1-2H3,(H,23,24,26). The lowest BCUT2D eigenvalue weighted by Crippen LogP contribution is -2.14. The zero-order valence-electron chi connectivity index (χ0n) is 14.2. The van der Waals surface area contributed by atoms with Gasteiger partial charge in [0.2, 0.25) is 0 Å². The van der Waals surface area contributed by atoms with Crippen molar-refractivity contribution >= 4 is 50.9 Å². The molecule has 0 atom stereocenters. The molecule has 26 heavy (non-hydrogen) atoms. The number of nitrogens with one attached hydrogen (secondary N) is 1. The van der Waals surface area contributed by atoms with Crippen molar-refractivity contribution in [3.05, 3.63) is 79.4 Å². The molecule has 0 aliphatic rings. The lowest BCUT2D eigenvalue weighted by Gasteiger charge is -2.07. The Kier molecular flexibility index (Phi) is 5.70. The molecule has 0 aliphatic heterocycles. The third-order valence-electron chi connectivity index (χ3n) is 3.93. The summed E-state index contributed by atoms with van der Waals surface area (Å²) in [5, 5.41) is 8.44. The van der Waals surface area contributed by atoms with Crippen LogP contribution in [0.15, 0.2) is 47.1 Å². The molecule has 1 amide bonds. The third kappa shape index (κ3) is 4.29. The molecule has 0 saturated carbocycles. The van der Waals surface area contributed by atoms with E-state index in [0.717, 1.165) is 16.7 Å². The number of hydrogen-bond acceptors (Lipinski definition) is 2. The van der Waals surface area contributed by atoms with Crippen LogP contribution in [0.5, 0.6) is 0 Å². The van der Waals surface area contributed by atoms with Crippen LogP contribution >= 0.6 is 39.1 Å². The van der Waals surface area contributed by atoms with E-state index < -0.39 is 0 Å². The highest BCUT2D eigenvalue weighted by Gasteiger charge is 2.14. The van der Waals surface area contributed by atoms with Crippen LogP contribution in [0.3, 0.4) is 0 Å². The Balaban J connectivity index is 1.80. The number of hydrogen-bond donors (Lipinski definition) is 1. The smallest absolute Gasteiger partial charge is 0.257 e. The molecule has 0 unspecified atom stereocenters. The van der Waals surface area contributed by atoms with E-state index in [1.54, 1.807) is 23.0 Å². The molecule has 0 saturated heterocycles. The zero-order chi connectivity index (χ0) is 18.8. The Labute approximate surface area is 170 Å². The van der Waals surface area contributed by atoms with Gasteiger partial charge >= 0.3 is 0 Å². The molecule has 1 aromatic heterocycles. The second-order valence-electron chi connectivity index (χ2n) is 6.03. The molecule has 1 N–H and O–H groups in total. The largest absolute Gasteiger partial charge is 0.304 e. The van der Waals surface area contributed by atoms with Crippen LogP contribution in [-0.4, -0.2) is 15.7 Å². The molecular formula is C19H16BrCl2N3O. The predicted octanol–water partition coefficient (Wildman–Crippen LogP) is 5.87. The van der Waals surface area contributed by atoms with Gasteiger partial charge in [-0.3, -0.25) is 9.48 Å². The molecule has 7 heteroatoms. The highest BCUT2D eigenvalue weighted by atomic mass is 79.9. The van der Waals surface area contributed by atoms with Gasteiger partial charge in [-0.25, -0.2) is 0 Å². The van der Waals surface area contributed by atoms with E-state index in [4.69, 9.17) is 23.2 Å². The van der Waals surface area contributed by atoms with Crippen molar-refractivity contribution in [2.45, 2.75) is 20.4 Å². The van der Waals surface area contributed by atoms with Gasteiger partial charge in [0.05, 0.1) is 11.0 Å². The molecular weight excluding hydrogens is 437 g/mol. The molecule has 2 aromatic carbocycles. The van der Waals surface area contributed by atoms with Gasteiger partial charge < -0.3 is 5.32 Å². The summed E-state index contributed by atoms with van der Waals surface area (Å²) in [6.07, 6.45) is 1.80. The number of halogens is 3. The van der Waals surface area contributed by atoms with E-state index in [-0.39, 0.29) is 5.91 Å². The summed E-state index contributed by atoms with van der Waals surface area (Å²) in [6, 6.07) is 11.1. The predicted molar refractivity (Wildman–Crippen MR) is 109 cm³/mol. The van der Waals surface area contributed by atoms with Crippen molar-refractivity contribution in [3.63, 3.8) is 0 Å². The minimum Gasteiger partial charge on any atom is -0.304 e. The summed E-state index contributed by atoms with van der Waals surface area (Å²) in [6.45, 7) is 4.33. The van der Waals surface area contributed by atoms with Gasteiger partial charge in [-0.15, -0.1) is 0 Å². The summed E-state index contributed by atoms with van der Waals surface area (Å²) in [5.41, 5.74) is 3.46. The SMILES string of the molecule is Cc1ccc(C)c(C(=O)Nc2nn(Cc3ccc(Cl)cc3Cl)cc2Br)c1. The minimum atomic E-state index is -0.193. The van der Waals surface area contributed by atoms with Crippen molar-refractivity contribution in [1.29, 1.82) is 0 Å². The maximum absolute atomic E-state index is 12.6. The second-order valence-corrected chi connectivity index (χ2v) is 7.73. The molecule has 134 valence electrons. The van der Waals surface area contributed by atoms with Gasteiger partial charge in [0.15, 0.2) is 5.82 Å². The van der Waals surface area contributed by atoms with Gasteiger partial charge in [0.25, 0.3) is 5.91 Å². The fourth-order valence-corrected chi connectivity index (χ4v) is 3.43. The van der Waals surface area contributed by atoms with E-state index in [0.29, 0.717) is 32.4 Å². The van der Waals surface area contributed by atoms with Gasteiger partial charge in [-0.1, -0.05) is 47.0 Å². The average Bonchev–Trinajstić information content (AvgIpc) is 2.92. The first kappa shape index (κ1) is 19.0. The second kappa shape index (κ2) is 7.82. The van der Waals surface area contributed by atoms with Crippen LogP contribution in [0.1, 0.15) is 27.0 Å². The Morgan fingerprint density at radius 1 is 1.19 bits per heavy atom. The quantitative estimate of drug-likeness (QED) is 0.538. The van der Waals surface area contributed by atoms with E-state index >= 15 is 0 Å². The van der Waals surface area contributed by atoms with Gasteiger partial charge in [0.1, 0.15) is 0 Å². The van der Waals surface area contributed by atoms with Crippen LogP contribution in [0.2, 0.25) is 10.0 Å². The zero-order valence-corrected chi connectivity index (χ0v) is 17.3. The molecule has 4 nitrogen and oxygen atoms in total. The Morgan fingerprint density at radius 3 is 2.69 bits per heavy atom. The molecule has 1 heterocycles. The van der Waals surface area contributed by atoms with Crippen molar-refractivity contribution in [2.24, 2.45) is 0 Å². The molecule has 0 fully saturated rings. The number of amides is 1. The van der Waals surface area contributed by atoms with Crippen LogP contribution < -0.4 is 5.32 Å². The number of rotatable bonds is 4. The van der Waals surface area contributed by atoms with Crippen LogP contribution in [-0.2, 0) is 6.54 Å². The third-order valence-corrected chi connectivity index (χ3v) is 5.10. The van der Waals surface area contributed by atoms with Crippen LogP contribution in [0.25, 0.3) is 0 Å². The van der Waals surface area contributed by atoms with E-state index in [1.807, 2.05) is 38.1 Å². The Bertz CT molecular complexity index is 985. The minimum absolute atomic E-state index is 0.193. The van der Waals surface area contributed by atoms with Crippen molar-refractivity contribution in [1.82, 2.24) is 9.78 Å². The number of carbonyl (C=O) groups excluding carboxylic acids is 1. The number of carbonyl (C=O) groups is 1. The first-order chi connectivity index (χ1) is 12.3. The number of anilines is 1. The van der Waals surface area contributed by atoms with Gasteiger partial charge in [0, 0.05) is 21.8 Å². The summed E-state index contributed by atoms with van der Waals surface area (Å²) in [7, 11) is 0. The fraction of sp³-hybridized carbons (Fsp3) is 0.158. The van der Waals surface area contributed by atoms with Crippen molar-refractivity contribution in [2.75, 3.05) is 5.32 Å². The fourth-order valence-electron chi connectivity index (χ4n) is 2.54. The Hall–Kier alpha value is -1.82. The summed E-state index contributed by atoms with van der Waals surface area (Å²) in [5.74, 6) is 0.266. The maximum atomic E-state index is 12.6. The lowest BCUT2D eigenvalue weighted by atomic mass is 10.1. The number of nitrogens with zero attached hydrogens (tertiary/aromatic N) is 2. The maximum Gasteiger partial charge on any atom is 0.257 e.